The van der Waals surface area contributed by atoms with Crippen LogP contribution in [0.1, 0.15) is 13.8 Å². The van der Waals surface area contributed by atoms with E-state index in [0.29, 0.717) is 11.0 Å². The van der Waals surface area contributed by atoms with Gasteiger partial charge in [0, 0.05) is 6.07 Å². The first-order valence-corrected chi connectivity index (χ1v) is 8.49. The molecule has 1 aromatic rings. The summed E-state index contributed by atoms with van der Waals surface area (Å²) in [6.45, 7) is 2.03. The number of urea groups is 1. The maximum absolute atomic E-state index is 14.2. The normalized spacial score (nSPS) is 21.1. The second-order valence-electron chi connectivity index (χ2n) is 5.46. The Morgan fingerprint density at radius 2 is 2.00 bits per heavy atom. The lowest BCUT2D eigenvalue weighted by Gasteiger charge is -2.35. The second kappa shape index (κ2) is 6.00. The molecule has 132 valence electrons. The molecule has 0 bridgehead atoms. The van der Waals surface area contributed by atoms with Gasteiger partial charge >= 0.3 is 12.0 Å². The minimum atomic E-state index is -4.30. The number of amides is 2. The number of halogens is 2. The highest BCUT2D eigenvalue weighted by atomic mass is 32.2. The van der Waals surface area contributed by atoms with E-state index in [4.69, 9.17) is 0 Å². The highest BCUT2D eigenvalue weighted by Gasteiger charge is 2.63. The molecule has 0 radical (unpaired) electrons. The van der Waals surface area contributed by atoms with Gasteiger partial charge in [-0.15, -0.1) is 0 Å². The van der Waals surface area contributed by atoms with E-state index < -0.39 is 55.8 Å². The molecule has 10 heteroatoms. The summed E-state index contributed by atoms with van der Waals surface area (Å²) in [5.74, 6) is -3.33. The van der Waals surface area contributed by atoms with Crippen molar-refractivity contribution in [1.29, 1.82) is 0 Å². The van der Waals surface area contributed by atoms with E-state index in [1.165, 1.54) is 13.8 Å². The molecule has 1 aromatic carbocycles. The van der Waals surface area contributed by atoms with Crippen LogP contribution < -0.4 is 10.2 Å². The van der Waals surface area contributed by atoms with Gasteiger partial charge in [-0.1, -0.05) is 0 Å². The van der Waals surface area contributed by atoms with Crippen molar-refractivity contribution in [3.05, 3.63) is 29.8 Å². The maximum atomic E-state index is 14.2. The van der Waals surface area contributed by atoms with Crippen molar-refractivity contribution in [2.24, 2.45) is 0 Å². The molecule has 0 aliphatic carbocycles. The fraction of sp³-hybridized carbons (Fsp3) is 0.429. The Labute approximate surface area is 137 Å². The highest BCUT2D eigenvalue weighted by molar-refractivity contribution is 7.94. The van der Waals surface area contributed by atoms with E-state index in [1.54, 1.807) is 0 Å². The number of methoxy groups -OCH3 is 1. The van der Waals surface area contributed by atoms with Crippen LogP contribution in [0.3, 0.4) is 0 Å². The summed E-state index contributed by atoms with van der Waals surface area (Å²) in [5.41, 5.74) is -0.541. The number of benzene rings is 1. The van der Waals surface area contributed by atoms with Crippen molar-refractivity contribution in [3.63, 3.8) is 0 Å². The third kappa shape index (κ3) is 2.41. The standard InChI is InChI=1S/C14H16F2N2O5S/c1-8(2)24(21,22)14(12(19)23-3)7-17-13(20)18(14)11-5-4-9(15)6-10(11)16/h4-6,8H,7H2,1-3H3,(H,17,20). The van der Waals surface area contributed by atoms with Gasteiger partial charge in [-0.25, -0.2) is 26.8 Å². The quantitative estimate of drug-likeness (QED) is 0.812. The van der Waals surface area contributed by atoms with E-state index in [1.807, 2.05) is 0 Å². The van der Waals surface area contributed by atoms with Gasteiger partial charge in [0.15, 0.2) is 9.84 Å². The predicted octanol–water partition coefficient (Wildman–Crippen LogP) is 1.19. The number of anilines is 1. The van der Waals surface area contributed by atoms with E-state index in [0.717, 1.165) is 19.2 Å². The number of sulfone groups is 1. The van der Waals surface area contributed by atoms with Gasteiger partial charge < -0.3 is 10.1 Å². The maximum Gasteiger partial charge on any atom is 0.350 e. The Kier molecular flexibility index (Phi) is 4.53. The van der Waals surface area contributed by atoms with Crippen LogP contribution in [0.25, 0.3) is 0 Å². The van der Waals surface area contributed by atoms with Crippen LogP contribution in [0.5, 0.6) is 0 Å². The molecule has 2 amide bonds. The number of ether oxygens (including phenoxy) is 1. The number of nitrogens with zero attached hydrogens (tertiary/aromatic N) is 1. The molecule has 0 aromatic heterocycles. The van der Waals surface area contributed by atoms with Crippen LogP contribution in [0.4, 0.5) is 19.3 Å². The largest absolute Gasteiger partial charge is 0.466 e. The summed E-state index contributed by atoms with van der Waals surface area (Å²) in [5, 5.41) is 1.16. The third-order valence-electron chi connectivity index (χ3n) is 3.79. The summed E-state index contributed by atoms with van der Waals surface area (Å²) in [6, 6.07) is 1.23. The first kappa shape index (κ1) is 18.1. The smallest absolute Gasteiger partial charge is 0.350 e. The number of carbonyl (C=O) groups is 2. The van der Waals surface area contributed by atoms with Gasteiger partial charge in [0.2, 0.25) is 0 Å². The number of esters is 1. The molecule has 1 saturated heterocycles. The van der Waals surface area contributed by atoms with E-state index in [2.05, 4.69) is 10.1 Å². The molecule has 1 fully saturated rings. The fourth-order valence-corrected chi connectivity index (χ4v) is 4.35. The van der Waals surface area contributed by atoms with Crippen molar-refractivity contribution in [3.8, 4) is 0 Å². The van der Waals surface area contributed by atoms with Crippen molar-refractivity contribution in [2.45, 2.75) is 24.0 Å². The lowest BCUT2D eigenvalue weighted by molar-refractivity contribution is -0.143. The number of hydrogen-bond acceptors (Lipinski definition) is 5. The Morgan fingerprint density at radius 1 is 1.38 bits per heavy atom. The molecule has 0 spiro atoms. The molecular formula is C14H16F2N2O5S. The van der Waals surface area contributed by atoms with Gasteiger partial charge in [-0.2, -0.15) is 0 Å². The van der Waals surface area contributed by atoms with Gasteiger partial charge in [0.05, 0.1) is 24.6 Å². The van der Waals surface area contributed by atoms with Crippen LogP contribution in [-0.2, 0) is 19.4 Å². The first-order chi connectivity index (χ1) is 11.1. The van der Waals surface area contributed by atoms with Crippen molar-refractivity contribution in [1.82, 2.24) is 5.32 Å². The van der Waals surface area contributed by atoms with E-state index in [-0.39, 0.29) is 0 Å². The lowest BCUT2D eigenvalue weighted by atomic mass is 10.2. The highest BCUT2D eigenvalue weighted by Crippen LogP contribution is 2.37. The van der Waals surface area contributed by atoms with Gasteiger partial charge in [0.25, 0.3) is 4.87 Å². The molecule has 1 unspecified atom stereocenters. The molecule has 1 aliphatic heterocycles. The monoisotopic (exact) mass is 362 g/mol. The van der Waals surface area contributed by atoms with E-state index in [9.17, 15) is 26.8 Å². The van der Waals surface area contributed by atoms with Crippen LogP contribution >= 0.6 is 0 Å². The lowest BCUT2D eigenvalue weighted by Crippen LogP contribution is -2.62. The van der Waals surface area contributed by atoms with Crippen LogP contribution in [-0.4, -0.2) is 44.2 Å². The van der Waals surface area contributed by atoms with Crippen LogP contribution in [0.15, 0.2) is 18.2 Å². The summed E-state index contributed by atoms with van der Waals surface area (Å²) >= 11 is 0. The molecule has 1 aliphatic rings. The van der Waals surface area contributed by atoms with Gasteiger partial charge in [-0.3, -0.25) is 4.90 Å². The zero-order valence-corrected chi connectivity index (χ0v) is 14.0. The Hall–Kier alpha value is -2.23. The molecule has 1 N–H and O–H groups in total. The minimum absolute atomic E-state index is 0.475. The topological polar surface area (TPSA) is 92.8 Å². The average molecular weight is 362 g/mol. The SMILES string of the molecule is COC(=O)C1(S(=O)(=O)C(C)C)CNC(=O)N1c1ccc(F)cc1F. The summed E-state index contributed by atoms with van der Waals surface area (Å²) < 4.78 is 57.6. The Balaban J connectivity index is 2.79. The van der Waals surface area contributed by atoms with Crippen molar-refractivity contribution >= 4 is 27.5 Å². The molecule has 24 heavy (non-hydrogen) atoms. The second-order valence-corrected chi connectivity index (χ2v) is 8.17. The first-order valence-electron chi connectivity index (χ1n) is 6.94. The number of rotatable bonds is 4. The summed E-state index contributed by atoms with van der Waals surface area (Å²) in [4.78, 5) is 22.6. The number of nitrogens with one attached hydrogen (secondary N) is 1. The van der Waals surface area contributed by atoms with Crippen molar-refractivity contribution in [2.75, 3.05) is 18.6 Å². The molecular weight excluding hydrogens is 346 g/mol. The molecule has 1 heterocycles. The fourth-order valence-electron chi connectivity index (χ4n) is 2.54. The molecule has 7 nitrogen and oxygen atoms in total. The van der Waals surface area contributed by atoms with Crippen LogP contribution in [0.2, 0.25) is 0 Å². The number of carbonyl (C=O) groups excluding carboxylic acids is 2. The zero-order chi connectivity index (χ0) is 18.3. The van der Waals surface area contributed by atoms with Gasteiger partial charge in [0.1, 0.15) is 11.6 Å². The Morgan fingerprint density at radius 3 is 2.50 bits per heavy atom. The summed E-state index contributed by atoms with van der Waals surface area (Å²) in [7, 11) is -3.34. The van der Waals surface area contributed by atoms with E-state index >= 15 is 0 Å². The predicted molar refractivity (Wildman–Crippen MR) is 81.0 cm³/mol. The van der Waals surface area contributed by atoms with Gasteiger partial charge in [-0.05, 0) is 26.0 Å². The average Bonchev–Trinajstić information content (AvgIpc) is 2.85. The van der Waals surface area contributed by atoms with Crippen LogP contribution in [0, 0.1) is 11.6 Å². The molecule has 0 saturated carbocycles. The molecule has 2 rings (SSSR count). The number of hydrogen-bond donors (Lipinski definition) is 1. The third-order valence-corrected chi connectivity index (χ3v) is 6.47. The summed E-state index contributed by atoms with van der Waals surface area (Å²) in [6.07, 6.45) is 0. The molecule has 1 atom stereocenters. The zero-order valence-electron chi connectivity index (χ0n) is 13.2. The minimum Gasteiger partial charge on any atom is -0.466 e. The van der Waals surface area contributed by atoms with Crippen molar-refractivity contribution < 1.29 is 31.5 Å². The Bertz CT molecular complexity index is 796.